The van der Waals surface area contributed by atoms with Gasteiger partial charge in [-0.05, 0) is 6.42 Å². The van der Waals surface area contributed by atoms with Crippen LogP contribution in [0.2, 0.25) is 0 Å². The quantitative estimate of drug-likeness (QED) is 0.576. The molecule has 1 fully saturated rings. The Morgan fingerprint density at radius 2 is 2.67 bits per heavy atom. The zero-order valence-electron chi connectivity index (χ0n) is 6.73. The van der Waals surface area contributed by atoms with E-state index in [1.54, 1.807) is 6.20 Å². The molecule has 5 nitrogen and oxygen atoms in total. The second-order valence-corrected chi connectivity index (χ2v) is 2.67. The van der Waals surface area contributed by atoms with Gasteiger partial charge in [0, 0.05) is 0 Å². The number of hydrogen-bond donors (Lipinski definition) is 0. The Morgan fingerprint density at radius 3 is 3.17 bits per heavy atom. The van der Waals surface area contributed by atoms with E-state index in [1.165, 1.54) is 4.68 Å². The fourth-order valence-corrected chi connectivity index (χ4v) is 0.906. The van der Waals surface area contributed by atoms with Crippen LogP contribution in [0.5, 0.6) is 0 Å². The van der Waals surface area contributed by atoms with Gasteiger partial charge < -0.3 is 4.74 Å². The van der Waals surface area contributed by atoms with Crippen molar-refractivity contribution in [3.05, 3.63) is 11.9 Å². The molecule has 0 saturated carbocycles. The summed E-state index contributed by atoms with van der Waals surface area (Å²) >= 11 is 0. The lowest BCUT2D eigenvalue weighted by molar-refractivity contribution is 0.0853. The van der Waals surface area contributed by atoms with E-state index in [0.717, 1.165) is 12.1 Å². The van der Waals surface area contributed by atoms with Gasteiger partial charge in [-0.25, -0.2) is 0 Å². The van der Waals surface area contributed by atoms with Crippen molar-refractivity contribution in [3.8, 4) is 0 Å². The Hall–Kier alpha value is -1.23. The standard InChI is InChI=1S/C7H9N3O2/c1-2-5-3-10(9-8-5)7(11)6-4-12-6/h3,6H,2,4H2,1H3. The maximum Gasteiger partial charge on any atom is 0.279 e. The number of ether oxygens (including phenoxy) is 1. The Bertz CT molecular complexity index is 303. The molecule has 0 aromatic carbocycles. The van der Waals surface area contributed by atoms with Gasteiger partial charge in [0.2, 0.25) is 0 Å². The highest BCUT2D eigenvalue weighted by Gasteiger charge is 2.33. The maximum absolute atomic E-state index is 11.3. The van der Waals surface area contributed by atoms with E-state index in [2.05, 4.69) is 10.3 Å². The van der Waals surface area contributed by atoms with Crippen LogP contribution >= 0.6 is 0 Å². The number of rotatable bonds is 2. The van der Waals surface area contributed by atoms with E-state index in [-0.39, 0.29) is 12.0 Å². The van der Waals surface area contributed by atoms with E-state index < -0.39 is 0 Å². The molecular formula is C7H9N3O2. The molecule has 2 rings (SSSR count). The van der Waals surface area contributed by atoms with Gasteiger partial charge in [0.25, 0.3) is 5.91 Å². The van der Waals surface area contributed by atoms with Crippen LogP contribution in [-0.2, 0) is 11.2 Å². The highest BCUT2D eigenvalue weighted by Crippen LogP contribution is 2.11. The first-order chi connectivity index (χ1) is 5.81. The SMILES string of the molecule is CCc1cn(C(=O)C2CO2)nn1. The van der Waals surface area contributed by atoms with E-state index in [9.17, 15) is 4.79 Å². The highest BCUT2D eigenvalue weighted by atomic mass is 16.6. The first-order valence-electron chi connectivity index (χ1n) is 3.88. The predicted molar refractivity (Wildman–Crippen MR) is 39.8 cm³/mol. The lowest BCUT2D eigenvalue weighted by Crippen LogP contribution is -2.17. The molecule has 0 N–H and O–H groups in total. The van der Waals surface area contributed by atoms with Crippen molar-refractivity contribution in [2.75, 3.05) is 6.61 Å². The summed E-state index contributed by atoms with van der Waals surface area (Å²) < 4.78 is 6.08. The maximum atomic E-state index is 11.3. The van der Waals surface area contributed by atoms with E-state index in [0.29, 0.717) is 6.61 Å². The lowest BCUT2D eigenvalue weighted by atomic mass is 10.4. The van der Waals surface area contributed by atoms with Crippen LogP contribution in [0.25, 0.3) is 0 Å². The molecule has 1 atom stereocenters. The molecule has 0 radical (unpaired) electrons. The van der Waals surface area contributed by atoms with Crippen LogP contribution in [0.1, 0.15) is 17.4 Å². The number of carbonyl (C=O) groups excluding carboxylic acids is 1. The summed E-state index contributed by atoms with van der Waals surface area (Å²) in [4.78, 5) is 11.3. The van der Waals surface area contributed by atoms with Gasteiger partial charge in [-0.15, -0.1) is 5.10 Å². The Kier molecular flexibility index (Phi) is 1.65. The second-order valence-electron chi connectivity index (χ2n) is 2.67. The van der Waals surface area contributed by atoms with E-state index >= 15 is 0 Å². The molecule has 0 bridgehead atoms. The summed E-state index contributed by atoms with van der Waals surface area (Å²) in [5.74, 6) is -0.123. The van der Waals surface area contributed by atoms with Gasteiger partial charge in [0.15, 0.2) is 6.10 Å². The third-order valence-electron chi connectivity index (χ3n) is 1.74. The fourth-order valence-electron chi connectivity index (χ4n) is 0.906. The molecule has 1 aliphatic heterocycles. The summed E-state index contributed by atoms with van der Waals surface area (Å²) in [6.07, 6.45) is 2.15. The van der Waals surface area contributed by atoms with Crippen molar-refractivity contribution >= 4 is 5.91 Å². The van der Waals surface area contributed by atoms with Crippen LogP contribution in [-0.4, -0.2) is 33.6 Å². The van der Waals surface area contributed by atoms with Crippen LogP contribution in [0, 0.1) is 0 Å². The van der Waals surface area contributed by atoms with Gasteiger partial charge in [0.05, 0.1) is 18.5 Å². The second kappa shape index (κ2) is 2.67. The third kappa shape index (κ3) is 1.23. The monoisotopic (exact) mass is 167 g/mol. The van der Waals surface area contributed by atoms with Crippen molar-refractivity contribution < 1.29 is 9.53 Å². The zero-order valence-corrected chi connectivity index (χ0v) is 6.73. The smallest absolute Gasteiger partial charge is 0.279 e. The summed E-state index contributed by atoms with van der Waals surface area (Å²) in [5, 5.41) is 7.49. The van der Waals surface area contributed by atoms with Crippen LogP contribution in [0.15, 0.2) is 6.20 Å². The van der Waals surface area contributed by atoms with Crippen molar-refractivity contribution in [1.82, 2.24) is 15.0 Å². The average molecular weight is 167 g/mol. The van der Waals surface area contributed by atoms with Gasteiger partial charge in [-0.1, -0.05) is 12.1 Å². The predicted octanol–water partition coefficient (Wildman–Crippen LogP) is -0.121. The largest absolute Gasteiger partial charge is 0.363 e. The fraction of sp³-hybridized carbons (Fsp3) is 0.571. The number of nitrogens with zero attached hydrogens (tertiary/aromatic N) is 3. The van der Waals surface area contributed by atoms with E-state index in [4.69, 9.17) is 4.74 Å². The van der Waals surface area contributed by atoms with E-state index in [1.807, 2.05) is 6.92 Å². The van der Waals surface area contributed by atoms with Crippen molar-refractivity contribution in [2.45, 2.75) is 19.4 Å². The summed E-state index contributed by atoms with van der Waals surface area (Å²) in [5.41, 5.74) is 0.823. The number of aromatic nitrogens is 3. The van der Waals surface area contributed by atoms with Gasteiger partial charge >= 0.3 is 0 Å². The highest BCUT2D eigenvalue weighted by molar-refractivity contribution is 5.84. The topological polar surface area (TPSA) is 60.3 Å². The molecule has 2 heterocycles. The first-order valence-corrected chi connectivity index (χ1v) is 3.88. The van der Waals surface area contributed by atoms with Crippen molar-refractivity contribution in [1.29, 1.82) is 0 Å². The summed E-state index contributed by atoms with van der Waals surface area (Å²) in [6, 6.07) is 0. The van der Waals surface area contributed by atoms with Gasteiger partial charge in [-0.2, -0.15) is 4.68 Å². The molecule has 1 aromatic heterocycles. The van der Waals surface area contributed by atoms with Crippen LogP contribution in [0.4, 0.5) is 0 Å². The number of epoxide rings is 1. The Morgan fingerprint density at radius 1 is 1.92 bits per heavy atom. The van der Waals surface area contributed by atoms with Gasteiger partial charge in [-0.3, -0.25) is 4.79 Å². The molecule has 1 unspecified atom stereocenters. The minimum Gasteiger partial charge on any atom is -0.363 e. The Balaban J connectivity index is 2.16. The molecule has 12 heavy (non-hydrogen) atoms. The molecule has 1 aromatic rings. The molecule has 5 heteroatoms. The number of hydrogen-bond acceptors (Lipinski definition) is 4. The molecule has 0 amide bonds. The van der Waals surface area contributed by atoms with Crippen LogP contribution in [0.3, 0.4) is 0 Å². The minimum atomic E-state index is -0.281. The molecule has 1 aliphatic rings. The molecule has 64 valence electrons. The number of aryl methyl sites for hydroxylation is 1. The molecule has 0 spiro atoms. The average Bonchev–Trinajstić information content (AvgIpc) is 2.82. The molecular weight excluding hydrogens is 158 g/mol. The van der Waals surface area contributed by atoms with Crippen molar-refractivity contribution in [2.24, 2.45) is 0 Å². The van der Waals surface area contributed by atoms with Crippen LogP contribution < -0.4 is 0 Å². The summed E-state index contributed by atoms with van der Waals surface area (Å²) in [7, 11) is 0. The molecule has 0 aliphatic carbocycles. The third-order valence-corrected chi connectivity index (χ3v) is 1.74. The zero-order chi connectivity index (χ0) is 8.55. The first kappa shape index (κ1) is 7.42. The van der Waals surface area contributed by atoms with Crippen molar-refractivity contribution in [3.63, 3.8) is 0 Å². The Labute approximate surface area is 69.3 Å². The number of carbonyl (C=O) groups is 1. The molecule has 1 saturated heterocycles. The summed E-state index contributed by atoms with van der Waals surface area (Å²) in [6.45, 7) is 2.48. The normalized spacial score (nSPS) is 20.9. The minimum absolute atomic E-state index is 0.123. The lowest BCUT2D eigenvalue weighted by Gasteiger charge is -1.90. The van der Waals surface area contributed by atoms with Gasteiger partial charge in [0.1, 0.15) is 0 Å².